The second-order valence-corrected chi connectivity index (χ2v) is 8.26. The fourth-order valence-corrected chi connectivity index (χ4v) is 2.79. The molecule has 0 aromatic rings. The van der Waals surface area contributed by atoms with Crippen LogP contribution in [0.15, 0.2) is 0 Å². The Balaban J connectivity index is 0.000000200. The highest BCUT2D eigenvalue weighted by Crippen LogP contribution is 2.35. The average molecular weight is 284 g/mol. The fourth-order valence-electron chi connectivity index (χ4n) is 2.33. The largest absolute Gasteiger partial charge is 0.356 e. The van der Waals surface area contributed by atoms with Gasteiger partial charge in [-0.15, -0.1) is 0 Å². The minimum atomic E-state index is -0.0312. The Kier molecular flexibility index (Phi) is 6.55. The zero-order valence-electron chi connectivity index (χ0n) is 12.6. The van der Waals surface area contributed by atoms with Gasteiger partial charge in [0.05, 0.1) is 0 Å². The molecule has 2 aliphatic rings. The van der Waals surface area contributed by atoms with E-state index in [2.05, 4.69) is 24.5 Å². The van der Waals surface area contributed by atoms with Crippen LogP contribution in [-0.4, -0.2) is 35.1 Å². The quantitative estimate of drug-likeness (QED) is 0.645. The van der Waals surface area contributed by atoms with Gasteiger partial charge >= 0.3 is 0 Å². The molecule has 2 heterocycles. The third-order valence-corrected chi connectivity index (χ3v) is 5.76. The van der Waals surface area contributed by atoms with Crippen molar-refractivity contribution < 1.29 is 9.59 Å². The Labute approximate surface area is 119 Å². The van der Waals surface area contributed by atoms with E-state index in [1.807, 2.05) is 0 Å². The minimum absolute atomic E-state index is 0.0312. The van der Waals surface area contributed by atoms with Gasteiger partial charge in [-0.05, 0) is 31.6 Å². The third-order valence-electron chi connectivity index (χ3n) is 4.32. The van der Waals surface area contributed by atoms with Gasteiger partial charge in [0.1, 0.15) is 0 Å². The van der Waals surface area contributed by atoms with Crippen molar-refractivity contribution in [2.24, 2.45) is 5.92 Å². The number of hydrogen-bond acceptors (Lipinski definition) is 2. The smallest absolute Gasteiger partial charge is 0.222 e. The standard InChI is InChI=1S/C8H17NOSi.C6H11NO/c1-6-4-3-5-9-7(10)8(6,2)11;8-6-4-2-1-3-5-7-6/h6H,3-5H2,1-2,11H3,(H,9,10);1-5H2,(H,7,8). The van der Waals surface area contributed by atoms with Crippen LogP contribution in [0.1, 0.15) is 52.4 Å². The van der Waals surface area contributed by atoms with Gasteiger partial charge in [-0.3, -0.25) is 9.59 Å². The summed E-state index contributed by atoms with van der Waals surface area (Å²) >= 11 is 0. The molecular weight excluding hydrogens is 256 g/mol. The number of amides is 2. The summed E-state index contributed by atoms with van der Waals surface area (Å²) in [7, 11) is 0.963. The van der Waals surface area contributed by atoms with Crippen molar-refractivity contribution in [2.75, 3.05) is 13.1 Å². The van der Waals surface area contributed by atoms with Gasteiger partial charge in [-0.1, -0.05) is 20.3 Å². The topological polar surface area (TPSA) is 58.2 Å². The molecule has 0 aliphatic carbocycles. The number of carbonyl (C=O) groups is 2. The number of rotatable bonds is 0. The summed E-state index contributed by atoms with van der Waals surface area (Å²) in [5, 5.41) is 5.74. The molecule has 2 rings (SSSR count). The zero-order chi connectivity index (χ0) is 14.3. The molecule has 110 valence electrons. The van der Waals surface area contributed by atoms with Gasteiger partial charge in [-0.2, -0.15) is 0 Å². The van der Waals surface area contributed by atoms with Crippen LogP contribution in [0.5, 0.6) is 0 Å². The zero-order valence-corrected chi connectivity index (χ0v) is 14.6. The van der Waals surface area contributed by atoms with E-state index in [1.54, 1.807) is 0 Å². The Bertz CT molecular complexity index is 309. The van der Waals surface area contributed by atoms with Crippen molar-refractivity contribution >= 4 is 22.1 Å². The maximum Gasteiger partial charge on any atom is 0.222 e. The van der Waals surface area contributed by atoms with Crippen LogP contribution in [0.4, 0.5) is 0 Å². The van der Waals surface area contributed by atoms with E-state index in [0.717, 1.165) is 49.0 Å². The monoisotopic (exact) mass is 284 g/mol. The highest BCUT2D eigenvalue weighted by Gasteiger charge is 2.34. The molecule has 2 fully saturated rings. The first-order valence-electron chi connectivity index (χ1n) is 7.49. The SMILES string of the molecule is CC1CCCNC(=O)C1(C)[SiH3].O=C1CCCCCN1. The highest BCUT2D eigenvalue weighted by atomic mass is 28.1. The van der Waals surface area contributed by atoms with E-state index < -0.39 is 0 Å². The lowest BCUT2D eigenvalue weighted by Crippen LogP contribution is -2.35. The third kappa shape index (κ3) is 5.34. The fraction of sp³-hybridized carbons (Fsp3) is 0.857. The second-order valence-electron chi connectivity index (χ2n) is 6.18. The lowest BCUT2D eigenvalue weighted by atomic mass is 9.91. The number of carbonyl (C=O) groups excluding carboxylic acids is 2. The molecule has 2 amide bonds. The van der Waals surface area contributed by atoms with Crippen molar-refractivity contribution in [1.29, 1.82) is 0 Å². The van der Waals surface area contributed by atoms with Crippen molar-refractivity contribution in [3.63, 3.8) is 0 Å². The summed E-state index contributed by atoms with van der Waals surface area (Å²) in [4.78, 5) is 22.0. The van der Waals surface area contributed by atoms with Crippen LogP contribution in [0.25, 0.3) is 0 Å². The summed E-state index contributed by atoms with van der Waals surface area (Å²) in [5.41, 5.74) is 0. The molecule has 0 bridgehead atoms. The molecule has 0 aromatic carbocycles. The van der Waals surface area contributed by atoms with Gasteiger partial charge in [-0.25, -0.2) is 0 Å². The van der Waals surface area contributed by atoms with Gasteiger partial charge in [0, 0.05) is 34.8 Å². The van der Waals surface area contributed by atoms with Gasteiger partial charge < -0.3 is 10.6 Å². The van der Waals surface area contributed by atoms with Crippen LogP contribution >= 0.6 is 0 Å². The van der Waals surface area contributed by atoms with E-state index in [4.69, 9.17) is 0 Å². The maximum atomic E-state index is 11.5. The Morgan fingerprint density at radius 2 is 1.79 bits per heavy atom. The lowest BCUT2D eigenvalue weighted by Gasteiger charge is -2.27. The van der Waals surface area contributed by atoms with Gasteiger partial charge in [0.25, 0.3) is 0 Å². The van der Waals surface area contributed by atoms with E-state index in [1.165, 1.54) is 12.8 Å². The average Bonchev–Trinajstić information content (AvgIpc) is 2.66. The first-order chi connectivity index (χ1) is 8.94. The molecule has 0 spiro atoms. The van der Waals surface area contributed by atoms with Crippen LogP contribution in [0.2, 0.25) is 5.04 Å². The molecule has 4 nitrogen and oxygen atoms in total. The molecule has 5 heteroatoms. The molecule has 2 unspecified atom stereocenters. The van der Waals surface area contributed by atoms with Crippen LogP contribution in [0.3, 0.4) is 0 Å². The van der Waals surface area contributed by atoms with E-state index >= 15 is 0 Å². The summed E-state index contributed by atoms with van der Waals surface area (Å²) < 4.78 is 0. The summed E-state index contributed by atoms with van der Waals surface area (Å²) in [6.07, 6.45) is 6.51. The van der Waals surface area contributed by atoms with Crippen LogP contribution < -0.4 is 10.6 Å². The second kappa shape index (κ2) is 7.67. The summed E-state index contributed by atoms with van der Waals surface area (Å²) in [6.45, 7) is 6.04. The molecule has 2 saturated heterocycles. The van der Waals surface area contributed by atoms with Crippen molar-refractivity contribution in [3.05, 3.63) is 0 Å². The Morgan fingerprint density at radius 1 is 1.11 bits per heavy atom. The molecule has 2 aliphatic heterocycles. The predicted molar refractivity (Wildman–Crippen MR) is 81.2 cm³/mol. The molecule has 19 heavy (non-hydrogen) atoms. The molecule has 2 atom stereocenters. The maximum absolute atomic E-state index is 11.5. The number of nitrogens with one attached hydrogen (secondary N) is 2. The normalized spacial score (nSPS) is 32.2. The van der Waals surface area contributed by atoms with E-state index in [-0.39, 0.29) is 16.9 Å². The lowest BCUT2D eigenvalue weighted by molar-refractivity contribution is -0.124. The molecule has 0 radical (unpaired) electrons. The van der Waals surface area contributed by atoms with Crippen LogP contribution in [-0.2, 0) is 9.59 Å². The Hall–Kier alpha value is -0.843. The van der Waals surface area contributed by atoms with Gasteiger partial charge in [0.15, 0.2) is 0 Å². The highest BCUT2D eigenvalue weighted by molar-refractivity contribution is 6.28. The van der Waals surface area contributed by atoms with Gasteiger partial charge in [0.2, 0.25) is 11.8 Å². The van der Waals surface area contributed by atoms with Crippen molar-refractivity contribution in [1.82, 2.24) is 10.6 Å². The molecule has 2 N–H and O–H groups in total. The first kappa shape index (κ1) is 16.2. The Morgan fingerprint density at radius 3 is 2.53 bits per heavy atom. The minimum Gasteiger partial charge on any atom is -0.356 e. The summed E-state index contributed by atoms with van der Waals surface area (Å²) in [6, 6.07) is 0. The molecule has 0 saturated carbocycles. The molecule has 0 aromatic heterocycles. The first-order valence-corrected chi connectivity index (χ1v) is 8.49. The van der Waals surface area contributed by atoms with Crippen molar-refractivity contribution in [2.45, 2.75) is 57.4 Å². The van der Waals surface area contributed by atoms with E-state index in [9.17, 15) is 9.59 Å². The predicted octanol–water partition coefficient (Wildman–Crippen LogP) is 0.753. The van der Waals surface area contributed by atoms with E-state index in [0.29, 0.717) is 5.92 Å². The summed E-state index contributed by atoms with van der Waals surface area (Å²) in [5.74, 6) is 1.06. The van der Waals surface area contributed by atoms with Crippen molar-refractivity contribution in [3.8, 4) is 0 Å². The van der Waals surface area contributed by atoms with Crippen LogP contribution in [0, 0.1) is 5.92 Å². The number of hydrogen-bond donors (Lipinski definition) is 2. The molecular formula is C14H28N2O2Si.